The summed E-state index contributed by atoms with van der Waals surface area (Å²) in [6.45, 7) is 15.5. The number of Topliss-reactive ketones (excluding diaryl/α,β-unsaturated/α-hetero) is 3. The van der Waals surface area contributed by atoms with Gasteiger partial charge in [0, 0.05) is 119 Å². The van der Waals surface area contributed by atoms with Crippen LogP contribution in [0.1, 0.15) is 88.0 Å². The molecular weight excluding hydrogens is 791 g/mol. The van der Waals surface area contributed by atoms with Gasteiger partial charge in [-0.25, -0.2) is 25.3 Å². The number of ether oxygens (including phenoxy) is 1. The minimum absolute atomic E-state index is 0.157. The van der Waals surface area contributed by atoms with Crippen molar-refractivity contribution in [2.75, 3.05) is 75.7 Å². The van der Waals surface area contributed by atoms with Crippen molar-refractivity contribution in [1.82, 2.24) is 3.71 Å². The minimum atomic E-state index is -3.37. The van der Waals surface area contributed by atoms with Crippen molar-refractivity contribution < 1.29 is 61.8 Å². The summed E-state index contributed by atoms with van der Waals surface area (Å²) in [4.78, 5) is 39.4. The molecule has 0 saturated carbocycles. The Morgan fingerprint density at radius 1 is 0.667 bits per heavy atom. The van der Waals surface area contributed by atoms with Gasteiger partial charge >= 0.3 is 5.97 Å². The smallest absolute Gasteiger partial charge is 0.305 e. The lowest BCUT2D eigenvalue weighted by atomic mass is 10.3. The quantitative estimate of drug-likeness (QED) is 0.252. The highest BCUT2D eigenvalue weighted by molar-refractivity contribution is 8.08. The van der Waals surface area contributed by atoms with Crippen LogP contribution in [-0.2, 0) is 84.9 Å². The van der Waals surface area contributed by atoms with Crippen molar-refractivity contribution in [2.24, 2.45) is 0 Å². The predicted octanol–water partition coefficient (Wildman–Crippen LogP) is 2.76. The third-order valence-corrected chi connectivity index (χ3v) is 9.39. The number of hydrogen-bond acceptors (Lipinski definition) is 14. The van der Waals surface area contributed by atoms with Gasteiger partial charge in [-0.2, -0.15) is 0 Å². The summed E-state index contributed by atoms with van der Waals surface area (Å²) in [7, 11) is -9.87. The normalized spacial score (nSPS) is 11.5. The van der Waals surface area contributed by atoms with Crippen molar-refractivity contribution in [3.63, 3.8) is 0 Å². The molecule has 0 aromatic heterocycles. The molecule has 0 aliphatic carbocycles. The molecule has 0 amide bonds. The summed E-state index contributed by atoms with van der Waals surface area (Å²) >= 11 is 0. The van der Waals surface area contributed by atoms with Gasteiger partial charge in [0.05, 0.1) is 13.4 Å². The van der Waals surface area contributed by atoms with Gasteiger partial charge < -0.3 is 14.3 Å². The van der Waals surface area contributed by atoms with E-state index in [0.717, 1.165) is 28.2 Å². The Labute approximate surface area is 317 Å². The van der Waals surface area contributed by atoms with E-state index in [2.05, 4.69) is 10.6 Å². The molecule has 0 heterocycles. The van der Waals surface area contributed by atoms with Crippen LogP contribution < -0.4 is 0 Å². The number of methoxy groups -OCH3 is 1. The molecular formula is C30H71NO14S6. The molecule has 51 heavy (non-hydrogen) atoms. The van der Waals surface area contributed by atoms with Gasteiger partial charge in [0.1, 0.15) is 37.0 Å². The number of carbonyl (C=O) groups excluding carboxylic acids is 4. The second-order valence-corrected chi connectivity index (χ2v) is 22.9. The van der Waals surface area contributed by atoms with Crippen LogP contribution >= 0.6 is 0 Å². The summed E-state index contributed by atoms with van der Waals surface area (Å²) < 4.78 is 96.1. The molecule has 15 nitrogen and oxygen atoms in total. The van der Waals surface area contributed by atoms with Crippen molar-refractivity contribution in [3.05, 3.63) is 0 Å². The van der Waals surface area contributed by atoms with Crippen LogP contribution in [0.3, 0.4) is 0 Å². The van der Waals surface area contributed by atoms with E-state index in [0.29, 0.717) is 31.5 Å². The first-order valence-corrected chi connectivity index (χ1v) is 27.0. The summed E-state index contributed by atoms with van der Waals surface area (Å²) in [6.07, 6.45) is 13.3. The molecule has 0 rings (SSSR count). The fourth-order valence-electron chi connectivity index (χ4n) is 0.681. The fourth-order valence-corrected chi connectivity index (χ4v) is 2.97. The van der Waals surface area contributed by atoms with E-state index >= 15 is 0 Å². The van der Waals surface area contributed by atoms with Crippen LogP contribution in [-0.4, -0.2) is 146 Å². The molecule has 0 spiro atoms. The Morgan fingerprint density at radius 2 is 0.882 bits per heavy atom. The van der Waals surface area contributed by atoms with Crippen molar-refractivity contribution >= 4 is 90.2 Å². The maximum atomic E-state index is 11.0. The molecule has 0 radical (unpaired) electrons. The highest BCUT2D eigenvalue weighted by atomic mass is 32.3. The topological polar surface area (TPSA) is 234 Å². The molecule has 0 bridgehead atoms. The largest absolute Gasteiger partial charge is 0.469 e. The predicted molar refractivity (Wildman–Crippen MR) is 220 cm³/mol. The van der Waals surface area contributed by atoms with Gasteiger partial charge in [-0.1, -0.05) is 41.5 Å². The lowest BCUT2D eigenvalue weighted by Gasteiger charge is -2.14. The van der Waals surface area contributed by atoms with Crippen molar-refractivity contribution in [3.8, 4) is 0 Å². The lowest BCUT2D eigenvalue weighted by molar-refractivity contribution is -0.140. The van der Waals surface area contributed by atoms with E-state index in [9.17, 15) is 57.1 Å². The first-order chi connectivity index (χ1) is 22.3. The van der Waals surface area contributed by atoms with Crippen LogP contribution in [0.5, 0.6) is 0 Å². The second-order valence-electron chi connectivity index (χ2n) is 10.2. The number of esters is 1. The molecule has 0 saturated heterocycles. The van der Waals surface area contributed by atoms with Crippen LogP contribution in [0, 0.1) is 0 Å². The van der Waals surface area contributed by atoms with E-state index < -0.39 is 61.0 Å². The van der Waals surface area contributed by atoms with Gasteiger partial charge in [-0.15, -0.1) is 3.71 Å². The van der Waals surface area contributed by atoms with Crippen LogP contribution in [0.4, 0.5) is 0 Å². The third-order valence-electron chi connectivity index (χ3n) is 3.74. The van der Waals surface area contributed by atoms with Gasteiger partial charge in [0.15, 0.2) is 0 Å². The number of rotatable bonds is 8. The van der Waals surface area contributed by atoms with E-state index in [4.69, 9.17) is 0 Å². The molecule has 21 heteroatoms. The number of nitrogens with zero attached hydrogens (tertiary/aromatic N) is 1. The average molecular weight is 862 g/mol. The van der Waals surface area contributed by atoms with E-state index in [1.54, 1.807) is 39.5 Å². The second kappa shape index (κ2) is 43.0. The molecule has 2 atom stereocenters. The monoisotopic (exact) mass is 861 g/mol. The standard InChI is InChI=1S/C5H10O.C4H11NO3S2.C4H8O2.C4H8O.C3H8O2S.C3H8OS.C3H6O.C2H6O2S.C2H6OS/c1-3-5(6)4-2;1-5(9(2,3)6)10(4,7)8;1-3-4(5)6-2;1-3-4(2)5;1-3-6(2,4)5;1-3-5(2)4;1-3(2)4;1-5(2,3)4;1-4(2)3/h3-4H2,1-2H3;2H2,1,3-4H3;3H2,1-2H3;3H2,1-2H3;3H2,1-2H3;3H2,1-2H3;1-2H3;1-2H3;1-2H3/t;;;;;5-;;;/m.....0.../s1. The van der Waals surface area contributed by atoms with Crippen molar-refractivity contribution in [2.45, 2.75) is 88.0 Å². The minimum Gasteiger partial charge on any atom is -0.469 e. The van der Waals surface area contributed by atoms with Gasteiger partial charge in [0.2, 0.25) is 10.0 Å². The van der Waals surface area contributed by atoms with Gasteiger partial charge in [-0.3, -0.25) is 22.2 Å². The third kappa shape index (κ3) is 161. The van der Waals surface area contributed by atoms with E-state index in [-0.39, 0.29) is 23.3 Å². The van der Waals surface area contributed by atoms with Gasteiger partial charge in [0.25, 0.3) is 0 Å². The first-order valence-electron chi connectivity index (χ1n) is 15.0. The molecule has 316 valence electrons. The molecule has 0 aliphatic heterocycles. The maximum absolute atomic E-state index is 11.0. The molecule has 0 N–H and O–H groups in total. The number of sulfonamides is 1. The molecule has 1 unspecified atom stereocenters. The number of ketones is 3. The summed E-state index contributed by atoms with van der Waals surface area (Å²) in [5, 5.41) is 0. The Morgan fingerprint density at radius 3 is 0.882 bits per heavy atom. The molecule has 0 aliphatic rings. The highest BCUT2D eigenvalue weighted by Gasteiger charge is 2.15. The Hall–Kier alpha value is -1.39. The Bertz CT molecular complexity index is 1270. The maximum Gasteiger partial charge on any atom is 0.305 e. The van der Waals surface area contributed by atoms with Crippen LogP contribution in [0.25, 0.3) is 0 Å². The fraction of sp³-hybridized carbons (Fsp3) is 0.833. The summed E-state index contributed by atoms with van der Waals surface area (Å²) in [5.41, 5.74) is 0. The summed E-state index contributed by atoms with van der Waals surface area (Å²) in [6, 6.07) is 0. The zero-order valence-electron chi connectivity index (χ0n) is 34.6. The van der Waals surface area contributed by atoms with Gasteiger partial charge in [-0.05, 0) is 26.6 Å². The SMILES string of the molecule is C=S(C)(=O)N(C)S(C)(=O)=O.CC(C)=O.CCC(=O)CC.CCC(=O)OC.CCC(C)=O.CCS(C)(=O)=O.CC[S@](C)=O.CS(C)(=O)=O.CS(C)=O. The van der Waals surface area contributed by atoms with Crippen molar-refractivity contribution in [1.29, 1.82) is 0 Å². The zero-order valence-corrected chi connectivity index (χ0v) is 39.5. The molecule has 0 fully saturated rings. The summed E-state index contributed by atoms with van der Waals surface area (Å²) in [5.74, 6) is 4.84. The average Bonchev–Trinajstić information content (AvgIpc) is 2.94. The number of sulfone groups is 2. The number of carbonyl (C=O) groups is 4. The van der Waals surface area contributed by atoms with Crippen LogP contribution in [0.2, 0.25) is 0 Å². The van der Waals surface area contributed by atoms with E-state index in [1.165, 1.54) is 40.5 Å². The van der Waals surface area contributed by atoms with E-state index in [1.807, 2.05) is 27.7 Å². The zero-order chi connectivity index (χ0) is 44.0. The highest BCUT2D eigenvalue weighted by Crippen LogP contribution is 1.98. The molecule has 0 aromatic rings. The van der Waals surface area contributed by atoms with Crippen LogP contribution in [0.15, 0.2) is 0 Å². The lowest BCUT2D eigenvalue weighted by Crippen LogP contribution is -2.30. The number of hydrogen-bond donors (Lipinski definition) is 0. The molecule has 0 aromatic carbocycles. The first kappa shape index (κ1) is 71.1. The Balaban J connectivity index is -0.0000000565. The Kier molecular flexibility index (Phi) is 60.0.